The van der Waals surface area contributed by atoms with Crippen LogP contribution in [0.1, 0.15) is 32.1 Å². The molecular weight excluding hydrogens is 206 g/mol. The van der Waals surface area contributed by atoms with Crippen LogP contribution in [0.25, 0.3) is 0 Å². The average Bonchev–Trinajstić information content (AvgIpc) is 2.79. The normalized spacial score (nSPS) is 17.2. The van der Waals surface area contributed by atoms with Crippen LogP contribution in [-0.2, 0) is 4.79 Å². The van der Waals surface area contributed by atoms with Crippen molar-refractivity contribution < 1.29 is 15.0 Å². The van der Waals surface area contributed by atoms with Gasteiger partial charge in [-0.2, -0.15) is 0 Å². The van der Waals surface area contributed by atoms with Crippen molar-refractivity contribution in [2.75, 3.05) is 32.8 Å². The van der Waals surface area contributed by atoms with Crippen molar-refractivity contribution >= 4 is 5.78 Å². The van der Waals surface area contributed by atoms with E-state index in [1.54, 1.807) is 0 Å². The lowest BCUT2D eigenvalue weighted by atomic mass is 10.00. The quantitative estimate of drug-likeness (QED) is 0.633. The highest BCUT2D eigenvalue weighted by Crippen LogP contribution is 2.26. The first-order valence-corrected chi connectivity index (χ1v) is 6.24. The molecule has 0 spiro atoms. The number of aliphatic hydroxyl groups excluding tert-OH is 2. The molecule has 0 aromatic carbocycles. The number of aliphatic hydroxyl groups is 2. The summed E-state index contributed by atoms with van der Waals surface area (Å²) < 4.78 is 0. The van der Waals surface area contributed by atoms with E-state index in [4.69, 9.17) is 10.2 Å². The second-order valence-electron chi connectivity index (χ2n) is 4.49. The van der Waals surface area contributed by atoms with Gasteiger partial charge in [-0.25, -0.2) is 0 Å². The maximum atomic E-state index is 11.8. The molecule has 1 rings (SSSR count). The van der Waals surface area contributed by atoms with Gasteiger partial charge in [0.15, 0.2) is 0 Å². The Morgan fingerprint density at radius 3 is 2.12 bits per heavy atom. The topological polar surface area (TPSA) is 60.8 Å². The molecule has 16 heavy (non-hydrogen) atoms. The summed E-state index contributed by atoms with van der Waals surface area (Å²) >= 11 is 0. The van der Waals surface area contributed by atoms with E-state index in [0.717, 1.165) is 12.8 Å². The lowest BCUT2D eigenvalue weighted by molar-refractivity contribution is -0.123. The van der Waals surface area contributed by atoms with Crippen LogP contribution in [0.5, 0.6) is 0 Å². The number of hydrogen-bond acceptors (Lipinski definition) is 4. The molecule has 1 fully saturated rings. The Balaban J connectivity index is 2.21. The van der Waals surface area contributed by atoms with Gasteiger partial charge in [-0.1, -0.05) is 12.8 Å². The monoisotopic (exact) mass is 229 g/mol. The van der Waals surface area contributed by atoms with E-state index in [0.29, 0.717) is 31.8 Å². The lowest BCUT2D eigenvalue weighted by Gasteiger charge is -2.20. The molecule has 0 heterocycles. The number of hydrogen-bond donors (Lipinski definition) is 2. The molecule has 4 heteroatoms. The summed E-state index contributed by atoms with van der Waals surface area (Å²) in [5, 5.41) is 17.7. The third kappa shape index (κ3) is 4.60. The lowest BCUT2D eigenvalue weighted by Crippen LogP contribution is -2.32. The first kappa shape index (κ1) is 13.6. The van der Waals surface area contributed by atoms with E-state index in [1.807, 2.05) is 4.90 Å². The predicted molar refractivity (Wildman–Crippen MR) is 62.2 cm³/mol. The number of nitrogens with zero attached hydrogens (tertiary/aromatic N) is 1. The molecule has 0 saturated heterocycles. The van der Waals surface area contributed by atoms with E-state index in [-0.39, 0.29) is 19.1 Å². The highest BCUT2D eigenvalue weighted by molar-refractivity contribution is 5.81. The van der Waals surface area contributed by atoms with Gasteiger partial charge in [0.2, 0.25) is 0 Å². The maximum absolute atomic E-state index is 11.8. The van der Waals surface area contributed by atoms with E-state index in [2.05, 4.69) is 0 Å². The molecule has 0 aromatic rings. The van der Waals surface area contributed by atoms with Gasteiger partial charge in [0, 0.05) is 32.0 Å². The van der Waals surface area contributed by atoms with Gasteiger partial charge in [0.05, 0.1) is 13.2 Å². The van der Waals surface area contributed by atoms with Gasteiger partial charge >= 0.3 is 0 Å². The van der Waals surface area contributed by atoms with Crippen molar-refractivity contribution in [3.63, 3.8) is 0 Å². The zero-order chi connectivity index (χ0) is 11.8. The Bertz CT molecular complexity index is 196. The second-order valence-corrected chi connectivity index (χ2v) is 4.49. The third-order valence-electron chi connectivity index (χ3n) is 3.32. The fourth-order valence-electron chi connectivity index (χ4n) is 2.34. The summed E-state index contributed by atoms with van der Waals surface area (Å²) in [6, 6.07) is 0. The summed E-state index contributed by atoms with van der Waals surface area (Å²) in [6.07, 6.45) is 5.04. The summed E-state index contributed by atoms with van der Waals surface area (Å²) in [7, 11) is 0. The summed E-state index contributed by atoms with van der Waals surface area (Å²) in [5.74, 6) is 0.642. The highest BCUT2D eigenvalue weighted by Gasteiger charge is 2.22. The molecule has 1 aliphatic rings. The molecule has 2 N–H and O–H groups in total. The molecule has 0 atom stereocenters. The Morgan fingerprint density at radius 2 is 1.62 bits per heavy atom. The smallest absolute Gasteiger partial charge is 0.137 e. The van der Waals surface area contributed by atoms with Crippen LogP contribution in [0, 0.1) is 5.92 Å². The first-order valence-electron chi connectivity index (χ1n) is 6.24. The molecular formula is C12H23NO3. The minimum absolute atomic E-state index is 0.0810. The second kappa shape index (κ2) is 7.76. The summed E-state index contributed by atoms with van der Waals surface area (Å²) in [4.78, 5) is 13.7. The van der Waals surface area contributed by atoms with Crippen molar-refractivity contribution in [3.05, 3.63) is 0 Å². The molecule has 4 nitrogen and oxygen atoms in total. The Kier molecular flexibility index (Phi) is 6.61. The van der Waals surface area contributed by atoms with Crippen LogP contribution >= 0.6 is 0 Å². The molecule has 1 saturated carbocycles. The Labute approximate surface area is 97.3 Å². The average molecular weight is 229 g/mol. The minimum Gasteiger partial charge on any atom is -0.395 e. The summed E-state index contributed by atoms with van der Waals surface area (Å²) in [6.45, 7) is 1.91. The van der Waals surface area contributed by atoms with Crippen molar-refractivity contribution in [2.45, 2.75) is 32.1 Å². The molecule has 0 aromatic heterocycles. The van der Waals surface area contributed by atoms with Crippen LogP contribution in [0.4, 0.5) is 0 Å². The van der Waals surface area contributed by atoms with Crippen LogP contribution in [0.2, 0.25) is 0 Å². The predicted octanol–water partition coefficient (Wildman–Crippen LogP) is 0.422. The third-order valence-corrected chi connectivity index (χ3v) is 3.32. The van der Waals surface area contributed by atoms with Gasteiger partial charge in [-0.05, 0) is 12.8 Å². The Morgan fingerprint density at radius 1 is 1.06 bits per heavy atom. The molecule has 94 valence electrons. The zero-order valence-electron chi connectivity index (χ0n) is 9.90. The SMILES string of the molecule is O=C(CCN(CCO)CCO)C1CCCC1. The van der Waals surface area contributed by atoms with Crippen molar-refractivity contribution in [1.29, 1.82) is 0 Å². The first-order chi connectivity index (χ1) is 7.77. The van der Waals surface area contributed by atoms with Gasteiger partial charge in [0.25, 0.3) is 0 Å². The van der Waals surface area contributed by atoms with Crippen LogP contribution in [-0.4, -0.2) is 53.7 Å². The standard InChI is InChI=1S/C12H23NO3/c14-9-7-13(8-10-15)6-5-12(16)11-3-1-2-4-11/h11,14-15H,1-10H2. The number of carbonyl (C=O) groups is 1. The van der Waals surface area contributed by atoms with Gasteiger partial charge < -0.3 is 10.2 Å². The van der Waals surface area contributed by atoms with E-state index in [1.165, 1.54) is 12.8 Å². The molecule has 0 bridgehead atoms. The number of rotatable bonds is 8. The molecule has 0 aliphatic heterocycles. The zero-order valence-corrected chi connectivity index (χ0v) is 9.90. The Hall–Kier alpha value is -0.450. The fraction of sp³-hybridized carbons (Fsp3) is 0.917. The van der Waals surface area contributed by atoms with Gasteiger partial charge in [-0.3, -0.25) is 9.69 Å². The van der Waals surface area contributed by atoms with Crippen molar-refractivity contribution in [1.82, 2.24) is 4.90 Å². The molecule has 1 aliphatic carbocycles. The van der Waals surface area contributed by atoms with Crippen LogP contribution < -0.4 is 0 Å². The van der Waals surface area contributed by atoms with Crippen LogP contribution in [0.15, 0.2) is 0 Å². The molecule has 0 amide bonds. The fourth-order valence-corrected chi connectivity index (χ4v) is 2.34. The molecule has 0 radical (unpaired) electrons. The van der Waals surface area contributed by atoms with E-state index < -0.39 is 0 Å². The van der Waals surface area contributed by atoms with Gasteiger partial charge in [-0.15, -0.1) is 0 Å². The van der Waals surface area contributed by atoms with E-state index >= 15 is 0 Å². The summed E-state index contributed by atoms with van der Waals surface area (Å²) in [5.41, 5.74) is 0. The van der Waals surface area contributed by atoms with E-state index in [9.17, 15) is 4.79 Å². The van der Waals surface area contributed by atoms with Crippen molar-refractivity contribution in [3.8, 4) is 0 Å². The number of carbonyl (C=O) groups excluding carboxylic acids is 1. The number of ketones is 1. The number of Topliss-reactive ketones (excluding diaryl/α,β-unsaturated/α-hetero) is 1. The van der Waals surface area contributed by atoms with Gasteiger partial charge in [0.1, 0.15) is 5.78 Å². The highest BCUT2D eigenvalue weighted by atomic mass is 16.3. The largest absolute Gasteiger partial charge is 0.395 e. The molecule has 0 unspecified atom stereocenters. The van der Waals surface area contributed by atoms with Crippen molar-refractivity contribution in [2.24, 2.45) is 5.92 Å². The van der Waals surface area contributed by atoms with Crippen LogP contribution in [0.3, 0.4) is 0 Å². The maximum Gasteiger partial charge on any atom is 0.137 e. The minimum atomic E-state index is 0.0810.